The Morgan fingerprint density at radius 2 is 1.34 bits per heavy atom. The maximum atomic E-state index is 10.6. The predicted molar refractivity (Wildman–Crippen MR) is 134 cm³/mol. The molecular formula is C27H50O8. The molecule has 4 unspecified atom stereocenters. The van der Waals surface area contributed by atoms with Crippen molar-refractivity contribution < 1.29 is 40.1 Å². The first kappa shape index (κ1) is 30.6. The Labute approximate surface area is 211 Å². The summed E-state index contributed by atoms with van der Waals surface area (Å²) in [4.78, 5) is 0. The molecule has 13 atom stereocenters. The van der Waals surface area contributed by atoms with Crippen LogP contribution in [0.3, 0.4) is 0 Å². The molecule has 2 fully saturated rings. The van der Waals surface area contributed by atoms with Crippen LogP contribution in [0, 0.1) is 29.6 Å². The standard InChI is InChI=1S/C27H50O8/c1-14(12-28)25(31)27(33)20(30)10-11-22-17(4)15(2)16(3)21(34-22)8-7-9-23-26(32)19(6)18(5)24(13-29)35-23/h14-18,20-33H,6-13H2,1-5H3/t14-,15?,16+,17-,18+,20-,21-,22?,23?,24?,25-,26-,27-/m1/s1. The van der Waals surface area contributed by atoms with Crippen molar-refractivity contribution >= 4 is 0 Å². The molecule has 0 aliphatic carbocycles. The summed E-state index contributed by atoms with van der Waals surface area (Å²) < 4.78 is 12.4. The average molecular weight is 503 g/mol. The molecule has 0 spiro atoms. The lowest BCUT2D eigenvalue weighted by Gasteiger charge is -2.45. The quantitative estimate of drug-likeness (QED) is 0.221. The van der Waals surface area contributed by atoms with Crippen LogP contribution in [0.2, 0.25) is 0 Å². The van der Waals surface area contributed by atoms with Crippen LogP contribution in [0.4, 0.5) is 0 Å². The van der Waals surface area contributed by atoms with E-state index < -0.39 is 30.3 Å². The van der Waals surface area contributed by atoms with Crippen LogP contribution in [0.5, 0.6) is 0 Å². The Balaban J connectivity index is 1.90. The van der Waals surface area contributed by atoms with Gasteiger partial charge in [0.05, 0.1) is 43.2 Å². The highest BCUT2D eigenvalue weighted by Crippen LogP contribution is 2.39. The topological polar surface area (TPSA) is 140 Å². The molecule has 2 aliphatic heterocycles. The first-order valence-corrected chi connectivity index (χ1v) is 13.4. The van der Waals surface area contributed by atoms with Crippen LogP contribution in [-0.4, -0.2) is 92.7 Å². The highest BCUT2D eigenvalue weighted by Gasteiger charge is 2.40. The second-order valence-corrected chi connectivity index (χ2v) is 11.2. The van der Waals surface area contributed by atoms with E-state index in [9.17, 15) is 30.6 Å². The minimum absolute atomic E-state index is 0.0322. The fourth-order valence-electron chi connectivity index (χ4n) is 5.58. The largest absolute Gasteiger partial charge is 0.396 e. The summed E-state index contributed by atoms with van der Waals surface area (Å²) in [6, 6.07) is 0. The van der Waals surface area contributed by atoms with Crippen molar-refractivity contribution in [1.29, 1.82) is 0 Å². The molecular weight excluding hydrogens is 452 g/mol. The minimum Gasteiger partial charge on any atom is -0.396 e. The third-order valence-corrected chi connectivity index (χ3v) is 8.92. The molecule has 35 heavy (non-hydrogen) atoms. The predicted octanol–water partition coefficient (Wildman–Crippen LogP) is 1.64. The lowest BCUT2D eigenvalue weighted by Crippen LogP contribution is -2.47. The maximum absolute atomic E-state index is 10.6. The number of aliphatic hydroxyl groups is 6. The van der Waals surface area contributed by atoms with Crippen molar-refractivity contribution in [3.8, 4) is 0 Å². The van der Waals surface area contributed by atoms with Crippen LogP contribution in [0.1, 0.15) is 66.7 Å². The van der Waals surface area contributed by atoms with Gasteiger partial charge in [0.2, 0.25) is 0 Å². The first-order valence-electron chi connectivity index (χ1n) is 13.4. The van der Waals surface area contributed by atoms with Crippen LogP contribution >= 0.6 is 0 Å². The minimum atomic E-state index is -1.31. The molecule has 2 saturated heterocycles. The lowest BCUT2D eigenvalue weighted by atomic mass is 9.74. The van der Waals surface area contributed by atoms with Crippen molar-refractivity contribution in [1.82, 2.24) is 0 Å². The zero-order chi connectivity index (χ0) is 26.4. The molecule has 0 amide bonds. The van der Waals surface area contributed by atoms with E-state index in [0.29, 0.717) is 36.7 Å². The first-order chi connectivity index (χ1) is 16.4. The smallest absolute Gasteiger partial charge is 0.106 e. The zero-order valence-electron chi connectivity index (χ0n) is 22.2. The van der Waals surface area contributed by atoms with E-state index >= 15 is 0 Å². The molecule has 0 radical (unpaired) electrons. The summed E-state index contributed by atoms with van der Waals surface area (Å²) in [6.45, 7) is 13.8. The highest BCUT2D eigenvalue weighted by atomic mass is 16.5. The lowest BCUT2D eigenvalue weighted by molar-refractivity contribution is -0.149. The molecule has 8 nitrogen and oxygen atoms in total. The number of hydrogen-bond donors (Lipinski definition) is 6. The van der Waals surface area contributed by atoms with Gasteiger partial charge < -0.3 is 40.1 Å². The van der Waals surface area contributed by atoms with Gasteiger partial charge in [-0.05, 0) is 55.4 Å². The molecule has 0 bridgehead atoms. The Morgan fingerprint density at radius 3 is 1.91 bits per heavy atom. The summed E-state index contributed by atoms with van der Waals surface area (Å²) in [6.07, 6.45) is -1.97. The van der Waals surface area contributed by atoms with Crippen molar-refractivity contribution in [2.75, 3.05) is 13.2 Å². The van der Waals surface area contributed by atoms with Crippen molar-refractivity contribution in [3.05, 3.63) is 12.2 Å². The van der Waals surface area contributed by atoms with Gasteiger partial charge in [-0.3, -0.25) is 0 Å². The molecule has 0 aromatic heterocycles. The van der Waals surface area contributed by atoms with Gasteiger partial charge in [0.15, 0.2) is 0 Å². The normalized spacial score (nSPS) is 39.7. The van der Waals surface area contributed by atoms with E-state index in [2.05, 4.69) is 27.4 Å². The van der Waals surface area contributed by atoms with Crippen molar-refractivity contribution in [2.24, 2.45) is 29.6 Å². The molecule has 2 aliphatic rings. The van der Waals surface area contributed by atoms with E-state index in [0.717, 1.165) is 12.8 Å². The summed E-state index contributed by atoms with van der Waals surface area (Å²) in [7, 11) is 0. The van der Waals surface area contributed by atoms with Crippen molar-refractivity contribution in [2.45, 2.75) is 116 Å². The van der Waals surface area contributed by atoms with Crippen LogP contribution in [0.15, 0.2) is 12.2 Å². The Kier molecular flexibility index (Phi) is 12.1. The highest BCUT2D eigenvalue weighted by molar-refractivity contribution is 5.13. The fourth-order valence-corrected chi connectivity index (χ4v) is 5.58. The summed E-state index contributed by atoms with van der Waals surface area (Å²) in [5.41, 5.74) is 0.712. The van der Waals surface area contributed by atoms with Crippen LogP contribution in [0.25, 0.3) is 0 Å². The summed E-state index contributed by atoms with van der Waals surface area (Å²) in [5.74, 6) is 0.441. The molecule has 206 valence electrons. The fraction of sp³-hybridized carbons (Fsp3) is 0.926. The Hall–Kier alpha value is -0.580. The van der Waals surface area contributed by atoms with Gasteiger partial charge in [-0.1, -0.05) is 41.2 Å². The second-order valence-electron chi connectivity index (χ2n) is 11.2. The van der Waals surface area contributed by atoms with Gasteiger partial charge >= 0.3 is 0 Å². The van der Waals surface area contributed by atoms with E-state index in [1.54, 1.807) is 6.92 Å². The third-order valence-electron chi connectivity index (χ3n) is 8.92. The Bertz CT molecular complexity index is 645. The zero-order valence-corrected chi connectivity index (χ0v) is 22.2. The SMILES string of the molecule is C=C1[C@@H](O)C(CCC[C@H]2OC(CC[C@@H](O)[C@@H](O)[C@H](O)[C@H](C)CO)[C@H](C)C(C)[C@@H]2C)OC(CO)[C@H]1C. The average Bonchev–Trinajstić information content (AvgIpc) is 2.86. The number of rotatable bonds is 12. The van der Waals surface area contributed by atoms with Gasteiger partial charge in [-0.2, -0.15) is 0 Å². The molecule has 8 heteroatoms. The molecule has 6 N–H and O–H groups in total. The molecule has 2 rings (SSSR count). The summed E-state index contributed by atoms with van der Waals surface area (Å²) >= 11 is 0. The summed E-state index contributed by atoms with van der Waals surface area (Å²) in [5, 5.41) is 60.1. The molecule has 2 heterocycles. The van der Waals surface area contributed by atoms with E-state index in [1.807, 2.05) is 6.92 Å². The van der Waals surface area contributed by atoms with E-state index in [4.69, 9.17) is 9.47 Å². The molecule has 0 aromatic carbocycles. The number of aliphatic hydroxyl groups excluding tert-OH is 6. The van der Waals surface area contributed by atoms with Crippen LogP contribution in [-0.2, 0) is 9.47 Å². The van der Waals surface area contributed by atoms with Gasteiger partial charge in [0.25, 0.3) is 0 Å². The van der Waals surface area contributed by atoms with Gasteiger partial charge in [0, 0.05) is 18.4 Å². The monoisotopic (exact) mass is 502 g/mol. The Morgan fingerprint density at radius 1 is 0.800 bits per heavy atom. The van der Waals surface area contributed by atoms with Crippen molar-refractivity contribution in [3.63, 3.8) is 0 Å². The van der Waals surface area contributed by atoms with Crippen LogP contribution < -0.4 is 0 Å². The number of hydrogen-bond acceptors (Lipinski definition) is 8. The third kappa shape index (κ3) is 7.48. The van der Waals surface area contributed by atoms with E-state index in [-0.39, 0.29) is 49.5 Å². The van der Waals surface area contributed by atoms with Gasteiger partial charge in [-0.25, -0.2) is 0 Å². The van der Waals surface area contributed by atoms with Gasteiger partial charge in [0.1, 0.15) is 12.2 Å². The molecule has 0 saturated carbocycles. The maximum Gasteiger partial charge on any atom is 0.106 e. The van der Waals surface area contributed by atoms with E-state index in [1.165, 1.54) is 0 Å². The number of ether oxygens (including phenoxy) is 2. The molecule has 0 aromatic rings. The van der Waals surface area contributed by atoms with Gasteiger partial charge in [-0.15, -0.1) is 0 Å². The second kappa shape index (κ2) is 13.8.